The molecule has 2 N–H and O–H groups in total. The molecule has 0 radical (unpaired) electrons. The van der Waals surface area contributed by atoms with Gasteiger partial charge < -0.3 is 10.4 Å². The number of hydrogen-bond donors (Lipinski definition) is 2. The van der Waals surface area contributed by atoms with Crippen molar-refractivity contribution in [3.05, 3.63) is 28.3 Å². The summed E-state index contributed by atoms with van der Waals surface area (Å²) in [6, 6.07) is 5.88. The van der Waals surface area contributed by atoms with E-state index in [0.717, 1.165) is 36.3 Å². The van der Waals surface area contributed by atoms with Gasteiger partial charge in [0.15, 0.2) is 4.73 Å². The number of rotatable bonds is 4. The summed E-state index contributed by atoms with van der Waals surface area (Å²) in [6.45, 7) is 0. The van der Waals surface area contributed by atoms with E-state index in [1.807, 2.05) is 23.6 Å². The van der Waals surface area contributed by atoms with Crippen molar-refractivity contribution in [3.63, 3.8) is 0 Å². The third kappa shape index (κ3) is 2.95. The van der Waals surface area contributed by atoms with Crippen molar-refractivity contribution < 1.29 is 9.90 Å². The maximum absolute atomic E-state index is 11.8. The lowest BCUT2D eigenvalue weighted by atomic mass is 9.61. The van der Waals surface area contributed by atoms with Crippen LogP contribution < -0.4 is 5.32 Å². The molecule has 0 saturated heterocycles. The number of nitrogens with one attached hydrogen (secondary N) is 1. The molecule has 2 bridgehead atoms. The molecule has 7 heteroatoms. The Morgan fingerprint density at radius 3 is 2.67 bits per heavy atom. The smallest absolute Gasteiger partial charge is 0.308 e. The molecule has 3 fully saturated rings. The van der Waals surface area contributed by atoms with Crippen LogP contribution in [0.1, 0.15) is 25.7 Å². The maximum atomic E-state index is 11.8. The van der Waals surface area contributed by atoms with Crippen molar-refractivity contribution in [2.24, 2.45) is 17.8 Å². The van der Waals surface area contributed by atoms with Crippen molar-refractivity contribution in [3.8, 4) is 10.6 Å². The SMILES string of the molecule is O=C(O)C1C2CCC(CC2)C1Nc1cc(-c2cccs2)nc(Br)n1. The van der Waals surface area contributed by atoms with Gasteiger partial charge in [-0.15, -0.1) is 11.3 Å². The van der Waals surface area contributed by atoms with Gasteiger partial charge in [-0.25, -0.2) is 9.97 Å². The zero-order valence-electron chi connectivity index (χ0n) is 13.0. The average Bonchev–Trinajstić information content (AvgIpc) is 3.09. The molecule has 0 amide bonds. The van der Waals surface area contributed by atoms with E-state index in [1.165, 1.54) is 0 Å². The molecule has 2 aromatic rings. The molecule has 2 heterocycles. The average molecular weight is 408 g/mol. The van der Waals surface area contributed by atoms with E-state index >= 15 is 0 Å². The highest BCUT2D eigenvalue weighted by Crippen LogP contribution is 2.46. The largest absolute Gasteiger partial charge is 0.481 e. The Labute approximate surface area is 152 Å². The first-order valence-electron chi connectivity index (χ1n) is 8.19. The van der Waals surface area contributed by atoms with Crippen LogP contribution in [0.2, 0.25) is 0 Å². The highest BCUT2D eigenvalue weighted by molar-refractivity contribution is 9.10. The fraction of sp³-hybridized carbons (Fsp3) is 0.471. The Morgan fingerprint density at radius 2 is 2.00 bits per heavy atom. The Morgan fingerprint density at radius 1 is 1.25 bits per heavy atom. The van der Waals surface area contributed by atoms with Crippen molar-refractivity contribution in [1.29, 1.82) is 0 Å². The number of carbonyl (C=O) groups is 1. The summed E-state index contributed by atoms with van der Waals surface area (Å²) in [7, 11) is 0. The minimum absolute atomic E-state index is 0.0482. The van der Waals surface area contributed by atoms with Gasteiger partial charge in [0.25, 0.3) is 0 Å². The van der Waals surface area contributed by atoms with Crippen molar-refractivity contribution in [1.82, 2.24) is 9.97 Å². The quantitative estimate of drug-likeness (QED) is 0.740. The second kappa shape index (κ2) is 6.44. The van der Waals surface area contributed by atoms with Crippen molar-refractivity contribution in [2.45, 2.75) is 31.7 Å². The first kappa shape index (κ1) is 16.0. The van der Waals surface area contributed by atoms with E-state index in [-0.39, 0.29) is 17.9 Å². The number of fused-ring (bicyclic) bond motifs is 3. The highest BCUT2D eigenvalue weighted by Gasteiger charge is 2.47. The van der Waals surface area contributed by atoms with Gasteiger partial charge >= 0.3 is 5.97 Å². The molecule has 5 nitrogen and oxygen atoms in total. The van der Waals surface area contributed by atoms with E-state index < -0.39 is 5.97 Å². The summed E-state index contributed by atoms with van der Waals surface area (Å²) in [5, 5.41) is 15.1. The third-order valence-corrected chi connectivity index (χ3v) is 6.54. The minimum Gasteiger partial charge on any atom is -0.481 e. The van der Waals surface area contributed by atoms with Crippen LogP contribution in [0.5, 0.6) is 0 Å². The summed E-state index contributed by atoms with van der Waals surface area (Å²) in [5.74, 6) is 0.385. The Bertz CT molecular complexity index is 744. The van der Waals surface area contributed by atoms with Gasteiger partial charge in [0.2, 0.25) is 0 Å². The molecule has 2 atom stereocenters. The molecular weight excluding hydrogens is 390 g/mol. The first-order chi connectivity index (χ1) is 11.6. The molecule has 2 aromatic heterocycles. The number of halogens is 1. The standard InChI is InChI=1S/C17H18BrN3O2S/c18-17-19-11(12-2-1-7-24-12)8-13(21-17)20-15-10-5-3-9(4-6-10)14(15)16(22)23/h1-2,7-10,14-15H,3-6H2,(H,22,23)(H,19,20,21). The molecule has 5 rings (SSSR count). The van der Waals surface area contributed by atoms with Crippen LogP contribution in [0.3, 0.4) is 0 Å². The van der Waals surface area contributed by atoms with Crippen molar-refractivity contribution in [2.75, 3.05) is 5.32 Å². The topological polar surface area (TPSA) is 75.1 Å². The van der Waals surface area contributed by atoms with Gasteiger partial charge in [-0.05, 0) is 64.9 Å². The lowest BCUT2D eigenvalue weighted by Crippen LogP contribution is -2.51. The molecule has 3 aliphatic rings. The fourth-order valence-electron chi connectivity index (χ4n) is 4.23. The lowest BCUT2D eigenvalue weighted by Gasteiger charge is -2.47. The molecule has 0 spiro atoms. The summed E-state index contributed by atoms with van der Waals surface area (Å²) >= 11 is 5.00. The van der Waals surface area contributed by atoms with Crippen LogP contribution in [-0.4, -0.2) is 27.1 Å². The van der Waals surface area contributed by atoms with Gasteiger partial charge in [-0.2, -0.15) is 0 Å². The third-order valence-electron chi connectivity index (χ3n) is 5.29. The molecular formula is C17H18BrN3O2S. The molecule has 2 unspecified atom stereocenters. The maximum Gasteiger partial charge on any atom is 0.308 e. The summed E-state index contributed by atoms with van der Waals surface area (Å²) in [6.07, 6.45) is 4.29. The molecule has 3 aliphatic carbocycles. The predicted molar refractivity (Wildman–Crippen MR) is 97.0 cm³/mol. The summed E-state index contributed by atoms with van der Waals surface area (Å²) in [4.78, 5) is 21.7. The van der Waals surface area contributed by atoms with Crippen LogP contribution in [-0.2, 0) is 4.79 Å². The molecule has 0 aliphatic heterocycles. The highest BCUT2D eigenvalue weighted by atomic mass is 79.9. The summed E-state index contributed by atoms with van der Waals surface area (Å²) < 4.78 is 0.517. The molecule has 24 heavy (non-hydrogen) atoms. The number of anilines is 1. The van der Waals surface area contributed by atoms with E-state index in [1.54, 1.807) is 11.3 Å². The fourth-order valence-corrected chi connectivity index (χ4v) is 5.29. The molecule has 126 valence electrons. The van der Waals surface area contributed by atoms with Gasteiger partial charge in [-0.1, -0.05) is 6.07 Å². The number of carboxylic acid groups (broad SMARTS) is 1. The summed E-state index contributed by atoms with van der Waals surface area (Å²) in [5.41, 5.74) is 0.849. The van der Waals surface area contributed by atoms with Gasteiger partial charge in [-0.3, -0.25) is 4.79 Å². The predicted octanol–water partition coefficient (Wildman–Crippen LogP) is 4.27. The Balaban J connectivity index is 1.63. The van der Waals surface area contributed by atoms with E-state index in [9.17, 15) is 9.90 Å². The second-order valence-corrected chi connectivity index (χ2v) is 8.25. The molecule has 3 saturated carbocycles. The van der Waals surface area contributed by atoms with Crippen LogP contribution in [0.25, 0.3) is 10.6 Å². The van der Waals surface area contributed by atoms with Crippen LogP contribution in [0.15, 0.2) is 28.3 Å². The zero-order chi connectivity index (χ0) is 16.7. The van der Waals surface area contributed by atoms with E-state index in [4.69, 9.17) is 0 Å². The van der Waals surface area contributed by atoms with Crippen molar-refractivity contribution >= 4 is 39.1 Å². The zero-order valence-corrected chi connectivity index (χ0v) is 15.4. The number of carboxylic acids is 1. The van der Waals surface area contributed by atoms with Crippen LogP contribution >= 0.6 is 27.3 Å². The number of thiophene rings is 1. The van der Waals surface area contributed by atoms with E-state index in [0.29, 0.717) is 16.5 Å². The van der Waals surface area contributed by atoms with E-state index in [2.05, 4.69) is 31.2 Å². The number of aromatic nitrogens is 2. The van der Waals surface area contributed by atoms with Gasteiger partial charge in [0.1, 0.15) is 5.82 Å². The Hall–Kier alpha value is -1.47. The lowest BCUT2D eigenvalue weighted by molar-refractivity contribution is -0.148. The van der Waals surface area contributed by atoms with Crippen LogP contribution in [0, 0.1) is 17.8 Å². The first-order valence-corrected chi connectivity index (χ1v) is 9.87. The minimum atomic E-state index is -0.687. The number of hydrogen-bond acceptors (Lipinski definition) is 5. The number of nitrogens with zero attached hydrogens (tertiary/aromatic N) is 2. The van der Waals surface area contributed by atoms with Gasteiger partial charge in [0, 0.05) is 12.1 Å². The van der Waals surface area contributed by atoms with Gasteiger partial charge in [0.05, 0.1) is 16.5 Å². The monoisotopic (exact) mass is 407 g/mol. The Kier molecular flexibility index (Phi) is 4.30. The van der Waals surface area contributed by atoms with Crippen LogP contribution in [0.4, 0.5) is 5.82 Å². The molecule has 0 aromatic carbocycles. The number of aliphatic carboxylic acids is 1. The normalized spacial score (nSPS) is 28.7. The second-order valence-electron chi connectivity index (χ2n) is 6.59.